The molecule has 0 aliphatic heterocycles. The van der Waals surface area contributed by atoms with Crippen molar-refractivity contribution in [3.8, 4) is 11.4 Å². The molecule has 0 bridgehead atoms. The molecule has 2 aromatic carbocycles. The molecule has 146 valence electrons. The lowest BCUT2D eigenvalue weighted by atomic mass is 10.2. The van der Waals surface area contributed by atoms with E-state index in [-0.39, 0.29) is 11.2 Å². The van der Waals surface area contributed by atoms with Gasteiger partial charge in [0.25, 0.3) is 0 Å². The number of carbonyl (C=O) groups is 1. The van der Waals surface area contributed by atoms with Crippen LogP contribution in [-0.4, -0.2) is 37.9 Å². The van der Waals surface area contributed by atoms with E-state index < -0.39 is 0 Å². The highest BCUT2D eigenvalue weighted by molar-refractivity contribution is 8.00. The number of benzene rings is 2. The number of halogens is 1. The topological polar surface area (TPSA) is 51.0 Å². The molecule has 0 spiro atoms. The number of rotatable bonds is 7. The second kappa shape index (κ2) is 9.26. The van der Waals surface area contributed by atoms with Crippen LogP contribution in [0, 0.1) is 0 Å². The van der Waals surface area contributed by atoms with E-state index in [4.69, 9.17) is 11.6 Å². The van der Waals surface area contributed by atoms with Crippen LogP contribution >= 0.6 is 23.4 Å². The van der Waals surface area contributed by atoms with E-state index in [1.165, 1.54) is 11.8 Å². The van der Waals surface area contributed by atoms with Crippen molar-refractivity contribution in [1.82, 2.24) is 19.7 Å². The van der Waals surface area contributed by atoms with E-state index in [1.807, 2.05) is 80.1 Å². The van der Waals surface area contributed by atoms with Gasteiger partial charge in [0.2, 0.25) is 5.91 Å². The van der Waals surface area contributed by atoms with Gasteiger partial charge >= 0.3 is 0 Å². The van der Waals surface area contributed by atoms with Crippen LogP contribution in [0.3, 0.4) is 0 Å². The Morgan fingerprint density at radius 3 is 2.46 bits per heavy atom. The molecule has 1 heterocycles. The Morgan fingerprint density at radius 2 is 1.82 bits per heavy atom. The fourth-order valence-corrected chi connectivity index (χ4v) is 4.08. The minimum atomic E-state index is -0.263. The second-order valence-electron chi connectivity index (χ2n) is 6.50. The molecule has 5 nitrogen and oxygen atoms in total. The quantitative estimate of drug-likeness (QED) is 0.523. The molecule has 0 saturated heterocycles. The highest BCUT2D eigenvalue weighted by atomic mass is 35.5. The molecule has 0 fully saturated rings. The third-order valence-corrected chi connectivity index (χ3v) is 5.72. The van der Waals surface area contributed by atoms with E-state index >= 15 is 0 Å². The summed E-state index contributed by atoms with van der Waals surface area (Å²) in [4.78, 5) is 14.5. The first-order chi connectivity index (χ1) is 13.5. The van der Waals surface area contributed by atoms with Crippen molar-refractivity contribution in [2.24, 2.45) is 0 Å². The van der Waals surface area contributed by atoms with Gasteiger partial charge in [0, 0.05) is 30.7 Å². The van der Waals surface area contributed by atoms with Crippen LogP contribution in [0.5, 0.6) is 0 Å². The molecule has 28 heavy (non-hydrogen) atoms. The molecule has 3 aromatic rings. The van der Waals surface area contributed by atoms with Crippen LogP contribution in [-0.2, 0) is 17.9 Å². The molecule has 1 atom stereocenters. The second-order valence-corrected chi connectivity index (χ2v) is 8.24. The van der Waals surface area contributed by atoms with Crippen molar-refractivity contribution in [3.05, 3.63) is 65.2 Å². The lowest BCUT2D eigenvalue weighted by Gasteiger charge is -2.21. The standard InChI is InChI=1S/C21H23ClN4OS/c1-4-26-19(17-10-12-18(22)13-11-17)23-24-21(26)28-15(2)20(27)25(3)14-16-8-6-5-7-9-16/h5-13,15H,4,14H2,1-3H3/t15-/m1/s1. The summed E-state index contributed by atoms with van der Waals surface area (Å²) in [5, 5.41) is 9.82. The first-order valence-electron chi connectivity index (χ1n) is 9.14. The maximum absolute atomic E-state index is 12.8. The van der Waals surface area contributed by atoms with Gasteiger partial charge in [-0.05, 0) is 43.7 Å². The third kappa shape index (κ3) is 4.75. The Morgan fingerprint density at radius 1 is 1.14 bits per heavy atom. The first-order valence-corrected chi connectivity index (χ1v) is 10.4. The van der Waals surface area contributed by atoms with Crippen molar-refractivity contribution in [1.29, 1.82) is 0 Å². The van der Waals surface area contributed by atoms with Gasteiger partial charge in [0.15, 0.2) is 11.0 Å². The maximum Gasteiger partial charge on any atom is 0.235 e. The normalized spacial score (nSPS) is 12.0. The van der Waals surface area contributed by atoms with Gasteiger partial charge in [0.05, 0.1) is 5.25 Å². The Hall–Kier alpha value is -2.31. The number of thioether (sulfide) groups is 1. The van der Waals surface area contributed by atoms with E-state index in [0.29, 0.717) is 18.1 Å². The number of nitrogens with zero attached hydrogens (tertiary/aromatic N) is 4. The highest BCUT2D eigenvalue weighted by Gasteiger charge is 2.22. The fourth-order valence-electron chi connectivity index (χ4n) is 2.93. The van der Waals surface area contributed by atoms with Crippen molar-refractivity contribution in [2.45, 2.75) is 37.3 Å². The predicted molar refractivity (Wildman–Crippen MR) is 114 cm³/mol. The van der Waals surface area contributed by atoms with Crippen molar-refractivity contribution < 1.29 is 4.79 Å². The number of carbonyl (C=O) groups excluding carboxylic acids is 1. The molecule has 0 radical (unpaired) electrons. The molecular weight excluding hydrogens is 392 g/mol. The molecule has 0 N–H and O–H groups in total. The van der Waals surface area contributed by atoms with Gasteiger partial charge in [0.1, 0.15) is 0 Å². The first kappa shape index (κ1) is 20.4. The summed E-state index contributed by atoms with van der Waals surface area (Å²) in [6.45, 7) is 5.25. The van der Waals surface area contributed by atoms with E-state index in [9.17, 15) is 4.79 Å². The molecule has 1 aromatic heterocycles. The molecule has 0 aliphatic carbocycles. The molecular formula is C21H23ClN4OS. The zero-order chi connectivity index (χ0) is 20.1. The van der Waals surface area contributed by atoms with Gasteiger partial charge in [-0.2, -0.15) is 0 Å². The molecule has 3 rings (SSSR count). The summed E-state index contributed by atoms with van der Waals surface area (Å²) < 4.78 is 2.02. The van der Waals surface area contributed by atoms with Crippen LogP contribution in [0.1, 0.15) is 19.4 Å². The monoisotopic (exact) mass is 414 g/mol. The van der Waals surface area contributed by atoms with Crippen molar-refractivity contribution in [3.63, 3.8) is 0 Å². The maximum atomic E-state index is 12.8. The summed E-state index contributed by atoms with van der Waals surface area (Å²) in [6, 6.07) is 17.5. The minimum absolute atomic E-state index is 0.0625. The van der Waals surface area contributed by atoms with Crippen molar-refractivity contribution >= 4 is 29.3 Å². The zero-order valence-corrected chi connectivity index (χ0v) is 17.7. The van der Waals surface area contributed by atoms with Gasteiger partial charge in [-0.25, -0.2) is 0 Å². The summed E-state index contributed by atoms with van der Waals surface area (Å²) in [7, 11) is 1.83. The van der Waals surface area contributed by atoms with Crippen LogP contribution in [0.25, 0.3) is 11.4 Å². The van der Waals surface area contributed by atoms with Crippen LogP contribution in [0.4, 0.5) is 0 Å². The van der Waals surface area contributed by atoms with Crippen LogP contribution < -0.4 is 0 Å². The van der Waals surface area contributed by atoms with Crippen LogP contribution in [0.15, 0.2) is 59.8 Å². The molecule has 0 unspecified atom stereocenters. The van der Waals surface area contributed by atoms with E-state index in [0.717, 1.165) is 22.1 Å². The average Bonchev–Trinajstić information content (AvgIpc) is 3.11. The van der Waals surface area contributed by atoms with Gasteiger partial charge < -0.3 is 9.47 Å². The Balaban J connectivity index is 1.72. The zero-order valence-electron chi connectivity index (χ0n) is 16.2. The summed E-state index contributed by atoms with van der Waals surface area (Å²) in [5.74, 6) is 0.839. The van der Waals surface area contributed by atoms with Gasteiger partial charge in [-0.15, -0.1) is 10.2 Å². The lowest BCUT2D eigenvalue weighted by Crippen LogP contribution is -2.33. The minimum Gasteiger partial charge on any atom is -0.340 e. The summed E-state index contributed by atoms with van der Waals surface area (Å²) in [6.07, 6.45) is 0. The van der Waals surface area contributed by atoms with Gasteiger partial charge in [-0.3, -0.25) is 4.79 Å². The van der Waals surface area contributed by atoms with E-state index in [1.54, 1.807) is 4.90 Å². The molecule has 0 saturated carbocycles. The molecule has 7 heteroatoms. The highest BCUT2D eigenvalue weighted by Crippen LogP contribution is 2.28. The Kier molecular flexibility index (Phi) is 6.75. The van der Waals surface area contributed by atoms with Gasteiger partial charge in [-0.1, -0.05) is 53.7 Å². The summed E-state index contributed by atoms with van der Waals surface area (Å²) >= 11 is 7.41. The average molecular weight is 415 g/mol. The van der Waals surface area contributed by atoms with Crippen molar-refractivity contribution in [2.75, 3.05) is 7.05 Å². The third-order valence-electron chi connectivity index (χ3n) is 4.40. The number of hydrogen-bond donors (Lipinski definition) is 0. The largest absolute Gasteiger partial charge is 0.340 e. The molecule has 1 amide bonds. The van der Waals surface area contributed by atoms with E-state index in [2.05, 4.69) is 10.2 Å². The van der Waals surface area contributed by atoms with Crippen LogP contribution in [0.2, 0.25) is 5.02 Å². The predicted octanol–water partition coefficient (Wildman–Crippen LogP) is 4.76. The molecule has 0 aliphatic rings. The lowest BCUT2D eigenvalue weighted by molar-refractivity contribution is -0.129. The smallest absolute Gasteiger partial charge is 0.235 e. The number of hydrogen-bond acceptors (Lipinski definition) is 4. The fraction of sp³-hybridized carbons (Fsp3) is 0.286. The Bertz CT molecular complexity index is 927. The number of aromatic nitrogens is 3. The number of amides is 1. The SMILES string of the molecule is CCn1c(S[C@H](C)C(=O)N(C)Cc2ccccc2)nnc1-c1ccc(Cl)cc1. The Labute approximate surface area is 174 Å². The summed E-state index contributed by atoms with van der Waals surface area (Å²) in [5.41, 5.74) is 2.06.